The third-order valence-corrected chi connectivity index (χ3v) is 6.34. The summed E-state index contributed by atoms with van der Waals surface area (Å²) in [4.78, 5) is 22.9. The number of hydrogen-bond acceptors (Lipinski definition) is 6. The summed E-state index contributed by atoms with van der Waals surface area (Å²) in [5.41, 5.74) is 3.45. The van der Waals surface area contributed by atoms with Gasteiger partial charge in [-0.1, -0.05) is 0 Å². The molecule has 5 rings (SSSR count). The Morgan fingerprint density at radius 2 is 2.15 bits per heavy atom. The van der Waals surface area contributed by atoms with Crippen LogP contribution in [0.25, 0.3) is 10.2 Å². The molecule has 3 aromatic rings. The number of ether oxygens (including phenoxy) is 1. The smallest absolute Gasteiger partial charge is 0.224 e. The number of carbonyl (C=O) groups is 1. The van der Waals surface area contributed by atoms with Gasteiger partial charge in [0.2, 0.25) is 5.91 Å². The monoisotopic (exact) mass is 380 g/mol. The van der Waals surface area contributed by atoms with Crippen molar-refractivity contribution < 1.29 is 9.53 Å². The summed E-state index contributed by atoms with van der Waals surface area (Å²) >= 11 is 1.80. The van der Waals surface area contributed by atoms with E-state index in [4.69, 9.17) is 4.74 Å². The summed E-state index contributed by atoms with van der Waals surface area (Å²) in [7, 11) is 0. The minimum Gasteiger partial charge on any atom is -0.492 e. The quantitative estimate of drug-likeness (QED) is 0.662. The Bertz CT molecular complexity index is 1030. The predicted molar refractivity (Wildman–Crippen MR) is 107 cm³/mol. The molecular weight excluding hydrogens is 360 g/mol. The van der Waals surface area contributed by atoms with Gasteiger partial charge in [0.05, 0.1) is 11.9 Å². The zero-order chi connectivity index (χ0) is 18.2. The second kappa shape index (κ2) is 6.81. The van der Waals surface area contributed by atoms with Gasteiger partial charge in [0.15, 0.2) is 0 Å². The first kappa shape index (κ1) is 16.5. The Kier molecular flexibility index (Phi) is 4.16. The standard InChI is InChI=1S/C20H20N4O2S/c25-17-7-4-12-10-13(5-6-15(12)24-17)26-9-8-21-19-18-14-2-1-3-16(14)27-20(18)23-11-22-19/h5-6,10-11H,1-4,7-9H2,(H,24,25)(H,21,22,23). The van der Waals surface area contributed by atoms with Gasteiger partial charge < -0.3 is 15.4 Å². The molecule has 2 aromatic heterocycles. The number of anilines is 2. The van der Waals surface area contributed by atoms with Crippen LogP contribution in [0.1, 0.15) is 28.8 Å². The van der Waals surface area contributed by atoms with Crippen molar-refractivity contribution in [2.45, 2.75) is 32.1 Å². The van der Waals surface area contributed by atoms with Crippen molar-refractivity contribution in [2.75, 3.05) is 23.8 Å². The average molecular weight is 380 g/mol. The molecule has 0 unspecified atom stereocenters. The third kappa shape index (κ3) is 3.12. The Balaban J connectivity index is 1.24. The second-order valence-corrected chi connectivity index (χ2v) is 7.99. The lowest BCUT2D eigenvalue weighted by Crippen LogP contribution is -2.19. The van der Waals surface area contributed by atoms with E-state index < -0.39 is 0 Å². The molecule has 1 amide bonds. The summed E-state index contributed by atoms with van der Waals surface area (Å²) in [6.45, 7) is 1.22. The summed E-state index contributed by atoms with van der Waals surface area (Å²) < 4.78 is 5.89. The molecule has 138 valence electrons. The molecule has 0 saturated carbocycles. The zero-order valence-electron chi connectivity index (χ0n) is 14.9. The predicted octanol–water partition coefficient (Wildman–Crippen LogP) is 3.56. The highest BCUT2D eigenvalue weighted by Gasteiger charge is 2.21. The maximum Gasteiger partial charge on any atom is 0.224 e. The fraction of sp³-hybridized carbons (Fsp3) is 0.350. The number of thiophene rings is 1. The third-order valence-electron chi connectivity index (χ3n) is 5.14. The zero-order valence-corrected chi connectivity index (χ0v) is 15.7. The molecule has 0 saturated heterocycles. The molecule has 0 spiro atoms. The normalized spacial score (nSPS) is 15.3. The fourth-order valence-corrected chi connectivity index (χ4v) is 5.08. The van der Waals surface area contributed by atoms with E-state index in [1.54, 1.807) is 17.7 Å². The summed E-state index contributed by atoms with van der Waals surface area (Å²) in [5.74, 6) is 1.82. The van der Waals surface area contributed by atoms with Crippen LogP contribution >= 0.6 is 11.3 Å². The molecule has 27 heavy (non-hydrogen) atoms. The number of amides is 1. The van der Waals surface area contributed by atoms with Gasteiger partial charge in [-0.15, -0.1) is 11.3 Å². The van der Waals surface area contributed by atoms with Crippen LogP contribution < -0.4 is 15.4 Å². The number of carbonyl (C=O) groups excluding carboxylic acids is 1. The van der Waals surface area contributed by atoms with E-state index in [0.29, 0.717) is 19.6 Å². The van der Waals surface area contributed by atoms with Crippen molar-refractivity contribution in [3.63, 3.8) is 0 Å². The molecule has 2 N–H and O–H groups in total. The van der Waals surface area contributed by atoms with E-state index >= 15 is 0 Å². The van der Waals surface area contributed by atoms with Gasteiger partial charge in [0.1, 0.15) is 29.3 Å². The van der Waals surface area contributed by atoms with Gasteiger partial charge in [0, 0.05) is 17.0 Å². The van der Waals surface area contributed by atoms with Gasteiger partial charge in [-0.25, -0.2) is 9.97 Å². The van der Waals surface area contributed by atoms with Crippen molar-refractivity contribution in [3.8, 4) is 5.75 Å². The first-order valence-electron chi connectivity index (χ1n) is 9.32. The lowest BCUT2D eigenvalue weighted by atomic mass is 10.0. The Hall–Kier alpha value is -2.67. The number of aromatic nitrogens is 2. The Morgan fingerprint density at radius 1 is 1.19 bits per heavy atom. The van der Waals surface area contributed by atoms with Gasteiger partial charge in [0.25, 0.3) is 0 Å². The molecule has 6 nitrogen and oxygen atoms in total. The summed E-state index contributed by atoms with van der Waals surface area (Å²) in [6, 6.07) is 5.83. The molecule has 0 atom stereocenters. The van der Waals surface area contributed by atoms with Gasteiger partial charge in [-0.2, -0.15) is 0 Å². The average Bonchev–Trinajstić information content (AvgIpc) is 3.26. The van der Waals surface area contributed by atoms with Gasteiger partial charge >= 0.3 is 0 Å². The van der Waals surface area contributed by atoms with E-state index in [0.717, 1.165) is 46.9 Å². The molecule has 1 aliphatic carbocycles. The van der Waals surface area contributed by atoms with Crippen LogP contribution in [-0.4, -0.2) is 29.0 Å². The van der Waals surface area contributed by atoms with Crippen molar-refractivity contribution >= 4 is 39.0 Å². The lowest BCUT2D eigenvalue weighted by Gasteiger charge is -2.17. The van der Waals surface area contributed by atoms with E-state index in [1.807, 2.05) is 18.2 Å². The largest absolute Gasteiger partial charge is 0.492 e. The van der Waals surface area contributed by atoms with Crippen LogP contribution in [0.15, 0.2) is 24.5 Å². The number of rotatable bonds is 5. The molecule has 0 radical (unpaired) electrons. The highest BCUT2D eigenvalue weighted by Crippen LogP contribution is 2.38. The lowest BCUT2D eigenvalue weighted by molar-refractivity contribution is -0.116. The minimum absolute atomic E-state index is 0.0800. The first-order chi connectivity index (χ1) is 13.3. The Labute approximate surface area is 161 Å². The van der Waals surface area contributed by atoms with E-state index in [-0.39, 0.29) is 5.91 Å². The van der Waals surface area contributed by atoms with Crippen LogP contribution in [0.3, 0.4) is 0 Å². The number of hydrogen-bond donors (Lipinski definition) is 2. The minimum atomic E-state index is 0.0800. The van der Waals surface area contributed by atoms with Crippen molar-refractivity contribution in [1.82, 2.24) is 9.97 Å². The number of aryl methyl sites for hydroxylation is 3. The molecule has 1 aromatic carbocycles. The molecule has 0 fully saturated rings. The number of fused-ring (bicyclic) bond motifs is 4. The maximum atomic E-state index is 11.4. The van der Waals surface area contributed by atoms with Crippen molar-refractivity contribution in [2.24, 2.45) is 0 Å². The summed E-state index contributed by atoms with van der Waals surface area (Å²) in [5, 5.41) is 7.50. The van der Waals surface area contributed by atoms with E-state index in [2.05, 4.69) is 20.6 Å². The molecule has 3 heterocycles. The van der Waals surface area contributed by atoms with E-state index in [9.17, 15) is 4.79 Å². The highest BCUT2D eigenvalue weighted by molar-refractivity contribution is 7.19. The summed E-state index contributed by atoms with van der Waals surface area (Å²) in [6.07, 6.45) is 6.45. The van der Waals surface area contributed by atoms with Crippen LogP contribution in [0.2, 0.25) is 0 Å². The second-order valence-electron chi connectivity index (χ2n) is 6.90. The van der Waals surface area contributed by atoms with Crippen LogP contribution in [0.5, 0.6) is 5.75 Å². The maximum absolute atomic E-state index is 11.4. The van der Waals surface area contributed by atoms with Crippen molar-refractivity contribution in [1.29, 1.82) is 0 Å². The molecule has 0 bridgehead atoms. The van der Waals surface area contributed by atoms with E-state index in [1.165, 1.54) is 22.2 Å². The fourth-order valence-electron chi connectivity index (χ4n) is 3.85. The molecular formula is C20H20N4O2S. The van der Waals surface area contributed by atoms with Crippen LogP contribution in [-0.2, 0) is 24.1 Å². The molecule has 2 aliphatic rings. The van der Waals surface area contributed by atoms with Crippen LogP contribution in [0.4, 0.5) is 11.5 Å². The number of nitrogens with one attached hydrogen (secondary N) is 2. The SMILES string of the molecule is O=C1CCc2cc(OCCNc3ncnc4sc5c(c34)CCC5)ccc2N1. The highest BCUT2D eigenvalue weighted by atomic mass is 32.1. The van der Waals surface area contributed by atoms with Gasteiger partial charge in [-0.05, 0) is 55.0 Å². The van der Waals surface area contributed by atoms with Gasteiger partial charge in [-0.3, -0.25) is 4.79 Å². The molecule has 1 aliphatic heterocycles. The number of nitrogens with zero attached hydrogens (tertiary/aromatic N) is 2. The topological polar surface area (TPSA) is 76.1 Å². The van der Waals surface area contributed by atoms with Crippen LogP contribution in [0, 0.1) is 0 Å². The van der Waals surface area contributed by atoms with Crippen molar-refractivity contribution in [3.05, 3.63) is 40.5 Å². The number of benzene rings is 1. The first-order valence-corrected chi connectivity index (χ1v) is 10.1. The molecule has 7 heteroatoms. The Morgan fingerprint density at radius 3 is 3.11 bits per heavy atom.